The highest BCUT2D eigenvalue weighted by Gasteiger charge is 2.49. The van der Waals surface area contributed by atoms with Crippen molar-refractivity contribution in [3.05, 3.63) is 126 Å². The Bertz CT molecular complexity index is 1480. The Kier molecular flexibility index (Phi) is 6.20. The zero-order valence-electron chi connectivity index (χ0n) is 20.6. The molecule has 3 atom stereocenters. The van der Waals surface area contributed by atoms with E-state index in [0.717, 1.165) is 16.7 Å². The highest BCUT2D eigenvalue weighted by Crippen LogP contribution is 2.44. The van der Waals surface area contributed by atoms with Gasteiger partial charge in [-0.15, -0.1) is 0 Å². The summed E-state index contributed by atoms with van der Waals surface area (Å²) in [6.45, 7) is 0. The molecule has 2 heterocycles. The fourth-order valence-electron chi connectivity index (χ4n) is 5.68. The quantitative estimate of drug-likeness (QED) is 0.442. The number of hydrogen-bond donors (Lipinski definition) is 2. The zero-order chi connectivity index (χ0) is 26.3. The topological polar surface area (TPSA) is 64.7 Å². The van der Waals surface area contributed by atoms with Crippen molar-refractivity contribution in [1.82, 2.24) is 15.6 Å². The van der Waals surface area contributed by atoms with Gasteiger partial charge in [0.05, 0.1) is 16.8 Å². The van der Waals surface area contributed by atoms with Crippen molar-refractivity contribution in [2.75, 3.05) is 4.72 Å². The third kappa shape index (κ3) is 4.68. The van der Waals surface area contributed by atoms with E-state index in [-0.39, 0.29) is 17.7 Å². The van der Waals surface area contributed by atoms with Gasteiger partial charge in [0.2, 0.25) is 10.0 Å². The standard InChI is InChI=1S/C29H28F2N4O2S/c30-24-11-6-21(7-12-24)18-29-19-27(38(36,37)32-26-4-2-1-3-5-26)15-10-23(29)20-34-28(16-17-35(34)33-29)22-8-13-25(31)14-9-22/h1-9,11-14,16-17,20,27-28,32-33H,10,15,18-19H2. The molecule has 6 nitrogen and oxygen atoms in total. The summed E-state index contributed by atoms with van der Waals surface area (Å²) in [5.41, 5.74) is 6.40. The van der Waals surface area contributed by atoms with Gasteiger partial charge in [-0.1, -0.05) is 42.5 Å². The summed E-state index contributed by atoms with van der Waals surface area (Å²) in [6.07, 6.45) is 7.91. The van der Waals surface area contributed by atoms with Crippen LogP contribution in [0.1, 0.15) is 36.4 Å². The molecule has 6 rings (SSSR count). The van der Waals surface area contributed by atoms with E-state index in [0.29, 0.717) is 31.4 Å². The smallest absolute Gasteiger partial charge is 0.235 e. The molecule has 38 heavy (non-hydrogen) atoms. The highest BCUT2D eigenvalue weighted by molar-refractivity contribution is 7.93. The molecule has 1 saturated carbocycles. The number of nitrogens with one attached hydrogen (secondary N) is 2. The number of para-hydroxylation sites is 1. The molecule has 9 heteroatoms. The van der Waals surface area contributed by atoms with E-state index >= 15 is 0 Å². The third-order valence-corrected chi connectivity index (χ3v) is 9.39. The van der Waals surface area contributed by atoms with Crippen molar-refractivity contribution in [3.63, 3.8) is 0 Å². The molecule has 0 spiro atoms. The first kappa shape index (κ1) is 24.6. The number of halogens is 2. The molecule has 2 N–H and O–H groups in total. The largest absolute Gasteiger partial charge is 0.283 e. The van der Waals surface area contributed by atoms with Crippen LogP contribution in [0.5, 0.6) is 0 Å². The van der Waals surface area contributed by atoms with Gasteiger partial charge >= 0.3 is 0 Å². The Morgan fingerprint density at radius 2 is 1.63 bits per heavy atom. The summed E-state index contributed by atoms with van der Waals surface area (Å²) >= 11 is 0. The predicted octanol–water partition coefficient (Wildman–Crippen LogP) is 5.43. The molecule has 3 aliphatic rings. The SMILES string of the molecule is O=S(=O)(Nc1ccccc1)C1CCC2=CN3C(c4ccc(F)cc4)C=CN3NC2(Cc2ccc(F)cc2)C1. The summed E-state index contributed by atoms with van der Waals surface area (Å²) in [7, 11) is -3.67. The number of hydrazine groups is 2. The number of rotatable bonds is 6. The molecule has 2 aliphatic heterocycles. The molecule has 0 aromatic heterocycles. The number of fused-ring (bicyclic) bond motifs is 2. The molecule has 0 saturated heterocycles. The third-order valence-electron chi connectivity index (χ3n) is 7.59. The van der Waals surface area contributed by atoms with E-state index < -0.39 is 20.8 Å². The fraction of sp³-hybridized carbons (Fsp3) is 0.241. The Morgan fingerprint density at radius 3 is 2.34 bits per heavy atom. The van der Waals surface area contributed by atoms with Crippen LogP contribution in [0, 0.1) is 11.6 Å². The molecule has 1 aliphatic carbocycles. The van der Waals surface area contributed by atoms with Gasteiger partial charge in [0.1, 0.15) is 11.6 Å². The molecule has 0 amide bonds. The normalized spacial score (nSPS) is 24.5. The van der Waals surface area contributed by atoms with E-state index in [4.69, 9.17) is 0 Å². The van der Waals surface area contributed by atoms with Gasteiger partial charge in [0.15, 0.2) is 0 Å². The molecule has 0 bridgehead atoms. The summed E-state index contributed by atoms with van der Waals surface area (Å²) in [5.74, 6) is -0.602. The van der Waals surface area contributed by atoms with E-state index in [2.05, 4.69) is 16.3 Å². The molecule has 3 unspecified atom stereocenters. The van der Waals surface area contributed by atoms with Crippen molar-refractivity contribution in [2.45, 2.75) is 42.5 Å². The minimum Gasteiger partial charge on any atom is -0.283 e. The second-order valence-electron chi connectivity index (χ2n) is 10.1. The predicted molar refractivity (Wildman–Crippen MR) is 143 cm³/mol. The minimum atomic E-state index is -3.67. The van der Waals surface area contributed by atoms with Crippen LogP contribution in [0.3, 0.4) is 0 Å². The molecule has 0 radical (unpaired) electrons. The van der Waals surface area contributed by atoms with Crippen molar-refractivity contribution >= 4 is 15.7 Å². The lowest BCUT2D eigenvalue weighted by Gasteiger charge is -2.52. The Labute approximate surface area is 221 Å². The van der Waals surface area contributed by atoms with E-state index in [9.17, 15) is 17.2 Å². The second kappa shape index (κ2) is 9.56. The number of nitrogens with zero attached hydrogens (tertiary/aromatic N) is 2. The van der Waals surface area contributed by atoms with Gasteiger partial charge in [0, 0.05) is 18.1 Å². The van der Waals surface area contributed by atoms with Crippen LogP contribution in [0.15, 0.2) is 103 Å². The van der Waals surface area contributed by atoms with E-state index in [1.165, 1.54) is 24.3 Å². The molecule has 196 valence electrons. The first-order chi connectivity index (χ1) is 18.3. The molecular formula is C29H28F2N4O2S. The first-order valence-electron chi connectivity index (χ1n) is 12.6. The lowest BCUT2D eigenvalue weighted by molar-refractivity contribution is -0.0383. The van der Waals surface area contributed by atoms with Crippen molar-refractivity contribution in [3.8, 4) is 0 Å². The highest BCUT2D eigenvalue weighted by atomic mass is 32.2. The first-order valence-corrected chi connectivity index (χ1v) is 14.2. The average Bonchev–Trinajstić information content (AvgIpc) is 3.31. The van der Waals surface area contributed by atoms with Crippen LogP contribution in [-0.4, -0.2) is 29.3 Å². The van der Waals surface area contributed by atoms with Gasteiger partial charge in [-0.3, -0.25) is 9.73 Å². The Morgan fingerprint density at radius 1 is 0.947 bits per heavy atom. The minimum absolute atomic E-state index is 0.124. The molecule has 3 aromatic carbocycles. The number of benzene rings is 3. The fourth-order valence-corrected chi connectivity index (χ4v) is 7.24. The molecule has 3 aromatic rings. The monoisotopic (exact) mass is 534 g/mol. The van der Waals surface area contributed by atoms with Crippen LogP contribution < -0.4 is 10.1 Å². The molecular weight excluding hydrogens is 506 g/mol. The van der Waals surface area contributed by atoms with Crippen LogP contribution in [0.25, 0.3) is 0 Å². The number of sulfonamides is 1. The van der Waals surface area contributed by atoms with Crippen molar-refractivity contribution < 1.29 is 17.2 Å². The van der Waals surface area contributed by atoms with Crippen molar-refractivity contribution in [2.24, 2.45) is 0 Å². The summed E-state index contributed by atoms with van der Waals surface area (Å²) in [5, 5.41) is 3.29. The maximum atomic E-state index is 13.7. The lowest BCUT2D eigenvalue weighted by Crippen LogP contribution is -2.64. The summed E-state index contributed by atoms with van der Waals surface area (Å²) < 4.78 is 56.9. The van der Waals surface area contributed by atoms with Gasteiger partial charge in [-0.05, 0) is 84.9 Å². The average molecular weight is 535 g/mol. The van der Waals surface area contributed by atoms with Gasteiger partial charge in [-0.25, -0.2) is 27.7 Å². The zero-order valence-corrected chi connectivity index (χ0v) is 21.4. The summed E-state index contributed by atoms with van der Waals surface area (Å²) in [6, 6.07) is 21.6. The van der Waals surface area contributed by atoms with Gasteiger partial charge in [0.25, 0.3) is 0 Å². The van der Waals surface area contributed by atoms with Gasteiger partial charge in [-0.2, -0.15) is 0 Å². The van der Waals surface area contributed by atoms with Crippen LogP contribution >= 0.6 is 0 Å². The van der Waals surface area contributed by atoms with Gasteiger partial charge < -0.3 is 0 Å². The summed E-state index contributed by atoms with van der Waals surface area (Å²) in [4.78, 5) is 0. The Balaban J connectivity index is 1.34. The van der Waals surface area contributed by atoms with E-state index in [1.54, 1.807) is 48.5 Å². The maximum absolute atomic E-state index is 13.7. The van der Waals surface area contributed by atoms with Crippen LogP contribution in [0.2, 0.25) is 0 Å². The lowest BCUT2D eigenvalue weighted by atomic mass is 9.73. The van der Waals surface area contributed by atoms with E-state index in [1.807, 2.05) is 28.5 Å². The number of anilines is 1. The number of hydrogen-bond acceptors (Lipinski definition) is 5. The maximum Gasteiger partial charge on any atom is 0.235 e. The second-order valence-corrected chi connectivity index (χ2v) is 12.1. The van der Waals surface area contributed by atoms with Crippen molar-refractivity contribution in [1.29, 1.82) is 0 Å². The molecule has 1 fully saturated rings. The van der Waals surface area contributed by atoms with Crippen LogP contribution in [0.4, 0.5) is 14.5 Å². The Hall–Kier alpha value is -3.69. The van der Waals surface area contributed by atoms with Crippen LogP contribution in [-0.2, 0) is 16.4 Å².